The van der Waals surface area contributed by atoms with Gasteiger partial charge in [0.25, 0.3) is 0 Å². The molecular weight excluding hydrogens is 264 g/mol. The van der Waals surface area contributed by atoms with E-state index in [0.717, 1.165) is 31.6 Å². The summed E-state index contributed by atoms with van der Waals surface area (Å²) in [5, 5.41) is 6.88. The fourth-order valence-corrected chi connectivity index (χ4v) is 2.78. The zero-order valence-corrected chi connectivity index (χ0v) is 13.7. The lowest BCUT2D eigenvalue weighted by Gasteiger charge is -2.32. The molecule has 1 aliphatic heterocycles. The number of nitrogens with one attached hydrogen (secondary N) is 2. The normalized spacial score (nSPS) is 21.5. The van der Waals surface area contributed by atoms with Gasteiger partial charge in [-0.1, -0.05) is 6.92 Å². The fraction of sp³-hybridized carbons (Fsp3) is 0.938. The topological polar surface area (TPSA) is 48.9 Å². The van der Waals surface area contributed by atoms with Crippen LogP contribution in [0.15, 0.2) is 4.99 Å². The van der Waals surface area contributed by atoms with Crippen LogP contribution in [-0.2, 0) is 4.74 Å². The van der Waals surface area contributed by atoms with E-state index in [1.165, 1.54) is 51.7 Å². The molecule has 0 aromatic rings. The van der Waals surface area contributed by atoms with Crippen molar-refractivity contribution in [3.05, 3.63) is 0 Å². The molecule has 0 amide bonds. The van der Waals surface area contributed by atoms with E-state index in [1.54, 1.807) is 0 Å². The average molecular weight is 296 g/mol. The smallest absolute Gasteiger partial charge is 0.191 e. The Morgan fingerprint density at radius 1 is 1.24 bits per heavy atom. The molecule has 2 N–H and O–H groups in total. The number of hydrogen-bond donors (Lipinski definition) is 2. The van der Waals surface area contributed by atoms with Gasteiger partial charge < -0.3 is 20.3 Å². The van der Waals surface area contributed by atoms with Gasteiger partial charge in [-0.15, -0.1) is 0 Å². The average Bonchev–Trinajstić information content (AvgIpc) is 3.32. The minimum Gasteiger partial charge on any atom is -0.379 e. The Bertz CT molecular complexity index is 309. The first-order chi connectivity index (χ1) is 10.3. The molecule has 2 fully saturated rings. The van der Waals surface area contributed by atoms with E-state index in [9.17, 15) is 0 Å². The molecule has 5 heteroatoms. The van der Waals surface area contributed by atoms with E-state index < -0.39 is 0 Å². The molecule has 0 radical (unpaired) electrons. The number of aliphatic imine (C=N–C) groups is 1. The maximum atomic E-state index is 5.63. The first kappa shape index (κ1) is 16.6. The third kappa shape index (κ3) is 6.66. The number of guanidine groups is 1. The summed E-state index contributed by atoms with van der Waals surface area (Å²) < 4.78 is 5.63. The van der Waals surface area contributed by atoms with Crippen molar-refractivity contribution in [1.29, 1.82) is 0 Å². The highest BCUT2D eigenvalue weighted by Gasteiger charge is 2.21. The maximum Gasteiger partial charge on any atom is 0.191 e. The van der Waals surface area contributed by atoms with Crippen molar-refractivity contribution < 1.29 is 4.74 Å². The highest BCUT2D eigenvalue weighted by molar-refractivity contribution is 5.79. The quantitative estimate of drug-likeness (QED) is 0.404. The van der Waals surface area contributed by atoms with Crippen LogP contribution in [-0.4, -0.2) is 63.3 Å². The van der Waals surface area contributed by atoms with Crippen LogP contribution in [0.3, 0.4) is 0 Å². The summed E-state index contributed by atoms with van der Waals surface area (Å²) in [6, 6.07) is 0.552. The van der Waals surface area contributed by atoms with E-state index in [1.807, 2.05) is 7.05 Å². The van der Waals surface area contributed by atoms with Crippen LogP contribution in [0.5, 0.6) is 0 Å². The summed E-state index contributed by atoms with van der Waals surface area (Å²) in [5.41, 5.74) is 0. The minimum atomic E-state index is 0.552. The second kappa shape index (κ2) is 9.26. The van der Waals surface area contributed by atoms with Gasteiger partial charge in [0.1, 0.15) is 0 Å². The maximum absolute atomic E-state index is 5.63. The zero-order valence-electron chi connectivity index (χ0n) is 13.7. The van der Waals surface area contributed by atoms with Gasteiger partial charge in [-0.2, -0.15) is 0 Å². The number of ether oxygens (including phenoxy) is 1. The first-order valence-electron chi connectivity index (χ1n) is 8.59. The molecule has 0 unspecified atom stereocenters. The Labute approximate surface area is 129 Å². The lowest BCUT2D eigenvalue weighted by molar-refractivity contribution is 0.129. The molecule has 0 atom stereocenters. The van der Waals surface area contributed by atoms with Crippen LogP contribution >= 0.6 is 0 Å². The van der Waals surface area contributed by atoms with Crippen LogP contribution in [0.1, 0.15) is 39.0 Å². The molecule has 0 spiro atoms. The molecule has 0 aromatic heterocycles. The molecule has 5 nitrogen and oxygen atoms in total. The summed E-state index contributed by atoms with van der Waals surface area (Å²) in [6.45, 7) is 8.43. The Morgan fingerprint density at radius 2 is 2.00 bits per heavy atom. The Hall–Kier alpha value is -0.810. The molecule has 122 valence electrons. The number of nitrogens with zero attached hydrogens (tertiary/aromatic N) is 2. The standard InChI is InChI=1S/C16H32N4O/c1-3-9-20-10-6-15(7-11-20)19-16(17-2)18-8-12-21-13-14-4-5-14/h14-15H,3-13H2,1-2H3,(H2,17,18,19). The summed E-state index contributed by atoms with van der Waals surface area (Å²) in [5.74, 6) is 1.76. The van der Waals surface area contributed by atoms with Gasteiger partial charge in [0.05, 0.1) is 6.61 Å². The molecule has 2 rings (SSSR count). The van der Waals surface area contributed by atoms with Gasteiger partial charge in [0.2, 0.25) is 0 Å². The van der Waals surface area contributed by atoms with Crippen molar-refractivity contribution in [2.24, 2.45) is 10.9 Å². The van der Waals surface area contributed by atoms with Crippen LogP contribution in [0, 0.1) is 5.92 Å². The number of rotatable bonds is 8. The Kier molecular flexibility index (Phi) is 7.30. The summed E-state index contributed by atoms with van der Waals surface area (Å²) in [4.78, 5) is 6.86. The highest BCUT2D eigenvalue weighted by atomic mass is 16.5. The predicted octanol–water partition coefficient (Wildman–Crippen LogP) is 1.45. The summed E-state index contributed by atoms with van der Waals surface area (Å²) >= 11 is 0. The van der Waals surface area contributed by atoms with Crippen LogP contribution < -0.4 is 10.6 Å². The van der Waals surface area contributed by atoms with Crippen molar-refractivity contribution in [2.45, 2.75) is 45.1 Å². The molecule has 0 bridgehead atoms. The SMILES string of the molecule is CCCN1CCC(NC(=NC)NCCOCC2CC2)CC1. The van der Waals surface area contributed by atoms with Crippen molar-refractivity contribution in [1.82, 2.24) is 15.5 Å². The number of hydrogen-bond acceptors (Lipinski definition) is 3. The van der Waals surface area contributed by atoms with E-state index in [0.29, 0.717) is 6.04 Å². The van der Waals surface area contributed by atoms with Gasteiger partial charge >= 0.3 is 0 Å². The lowest BCUT2D eigenvalue weighted by Crippen LogP contribution is -2.49. The van der Waals surface area contributed by atoms with E-state index in [-0.39, 0.29) is 0 Å². The summed E-state index contributed by atoms with van der Waals surface area (Å²) in [6.07, 6.45) is 6.38. The van der Waals surface area contributed by atoms with Gasteiger partial charge in [-0.3, -0.25) is 4.99 Å². The largest absolute Gasteiger partial charge is 0.379 e. The van der Waals surface area contributed by atoms with Crippen LogP contribution in [0.2, 0.25) is 0 Å². The Morgan fingerprint density at radius 3 is 2.62 bits per heavy atom. The van der Waals surface area contributed by atoms with E-state index in [4.69, 9.17) is 4.74 Å². The van der Waals surface area contributed by atoms with Crippen molar-refractivity contribution in [2.75, 3.05) is 46.4 Å². The monoisotopic (exact) mass is 296 g/mol. The fourth-order valence-electron chi connectivity index (χ4n) is 2.78. The zero-order chi connectivity index (χ0) is 14.9. The molecule has 21 heavy (non-hydrogen) atoms. The predicted molar refractivity (Wildman–Crippen MR) is 87.8 cm³/mol. The lowest BCUT2D eigenvalue weighted by atomic mass is 10.1. The summed E-state index contributed by atoms with van der Waals surface area (Å²) in [7, 11) is 1.84. The number of likely N-dealkylation sites (tertiary alicyclic amines) is 1. The van der Waals surface area contributed by atoms with E-state index in [2.05, 4.69) is 27.4 Å². The third-order valence-electron chi connectivity index (χ3n) is 4.28. The van der Waals surface area contributed by atoms with E-state index >= 15 is 0 Å². The van der Waals surface area contributed by atoms with Gasteiger partial charge in [0, 0.05) is 39.3 Å². The molecule has 1 saturated heterocycles. The van der Waals surface area contributed by atoms with Crippen molar-refractivity contribution in [3.8, 4) is 0 Å². The third-order valence-corrected chi connectivity index (χ3v) is 4.28. The Balaban J connectivity index is 1.54. The molecule has 1 heterocycles. The van der Waals surface area contributed by atoms with Gasteiger partial charge in [-0.05, 0) is 44.6 Å². The molecule has 0 aromatic carbocycles. The molecule has 2 aliphatic rings. The van der Waals surface area contributed by atoms with Gasteiger partial charge in [0.15, 0.2) is 5.96 Å². The van der Waals surface area contributed by atoms with Crippen molar-refractivity contribution >= 4 is 5.96 Å². The molecule has 1 aliphatic carbocycles. The first-order valence-corrected chi connectivity index (χ1v) is 8.59. The van der Waals surface area contributed by atoms with Crippen LogP contribution in [0.4, 0.5) is 0 Å². The second-order valence-electron chi connectivity index (χ2n) is 6.28. The van der Waals surface area contributed by atoms with Gasteiger partial charge in [-0.25, -0.2) is 0 Å². The van der Waals surface area contributed by atoms with Crippen molar-refractivity contribution in [3.63, 3.8) is 0 Å². The van der Waals surface area contributed by atoms with Crippen LogP contribution in [0.25, 0.3) is 0 Å². The second-order valence-corrected chi connectivity index (χ2v) is 6.28. The minimum absolute atomic E-state index is 0.552. The molecule has 1 saturated carbocycles. The number of piperidine rings is 1. The molecular formula is C16H32N4O. The highest BCUT2D eigenvalue weighted by Crippen LogP contribution is 2.28.